The van der Waals surface area contributed by atoms with Crippen LogP contribution in [0.5, 0.6) is 0 Å². The van der Waals surface area contributed by atoms with Crippen molar-refractivity contribution in [3.63, 3.8) is 0 Å². The molecular weight excluding hydrogens is 513 g/mol. The standard InChI is InChI=1S/C13H13NO2S.C10H11IO2/c1-8-4-5-12(17-3)10(6-8)9(2)11(7-14)13(15)16;11-9-6-2-1-4-8(9)5-3-7-10(12)13/h4-6H,1-3H3,(H,15,16);1-2,4,6H,3,5,7H2,(H,12,13). The molecule has 0 bridgehead atoms. The average Bonchev–Trinajstić information content (AvgIpc) is 2.70. The maximum Gasteiger partial charge on any atom is 0.346 e. The fourth-order valence-electron chi connectivity index (χ4n) is 2.67. The van der Waals surface area contributed by atoms with E-state index in [4.69, 9.17) is 15.5 Å². The van der Waals surface area contributed by atoms with Crippen LogP contribution in [-0.2, 0) is 16.0 Å². The van der Waals surface area contributed by atoms with Crippen LogP contribution in [0.2, 0.25) is 0 Å². The SMILES string of the molecule is CSc1ccc(C)cc1C(C)=C(C#N)C(=O)O.O=C(O)CCCc1ccccc1I. The summed E-state index contributed by atoms with van der Waals surface area (Å²) in [5.41, 5.74) is 3.40. The zero-order valence-electron chi connectivity index (χ0n) is 17.1. The molecule has 2 rings (SSSR count). The van der Waals surface area contributed by atoms with Crippen molar-refractivity contribution in [2.75, 3.05) is 6.26 Å². The zero-order valence-corrected chi connectivity index (χ0v) is 20.1. The Hall–Kier alpha value is -2.31. The van der Waals surface area contributed by atoms with Gasteiger partial charge in [0.2, 0.25) is 0 Å². The number of hydrogen-bond donors (Lipinski definition) is 2. The molecule has 2 N–H and O–H groups in total. The van der Waals surface area contributed by atoms with Crippen molar-refractivity contribution >= 4 is 51.9 Å². The number of aliphatic carboxylic acids is 2. The molecule has 158 valence electrons. The molecule has 0 atom stereocenters. The summed E-state index contributed by atoms with van der Waals surface area (Å²) in [5, 5.41) is 26.3. The summed E-state index contributed by atoms with van der Waals surface area (Å²) in [6.45, 7) is 3.61. The second-order valence-electron chi connectivity index (χ2n) is 6.46. The van der Waals surface area contributed by atoms with Crippen molar-refractivity contribution in [1.82, 2.24) is 0 Å². The van der Waals surface area contributed by atoms with Gasteiger partial charge in [0.25, 0.3) is 0 Å². The van der Waals surface area contributed by atoms with Gasteiger partial charge in [-0.15, -0.1) is 11.8 Å². The highest BCUT2D eigenvalue weighted by Gasteiger charge is 2.14. The third kappa shape index (κ3) is 8.20. The summed E-state index contributed by atoms with van der Waals surface area (Å²) < 4.78 is 1.21. The van der Waals surface area contributed by atoms with Gasteiger partial charge in [-0.3, -0.25) is 4.79 Å². The fraction of sp³-hybridized carbons (Fsp3) is 0.261. The van der Waals surface area contributed by atoms with Crippen LogP contribution in [0.3, 0.4) is 0 Å². The molecule has 0 amide bonds. The molecule has 0 aliphatic rings. The van der Waals surface area contributed by atoms with E-state index in [0.717, 1.165) is 28.9 Å². The lowest BCUT2D eigenvalue weighted by Crippen LogP contribution is -2.01. The first-order valence-electron chi connectivity index (χ1n) is 9.15. The molecule has 5 nitrogen and oxygen atoms in total. The van der Waals surface area contributed by atoms with Gasteiger partial charge in [0.1, 0.15) is 11.6 Å². The Bertz CT molecular complexity index is 979. The molecule has 2 aromatic carbocycles. The fourth-order valence-corrected chi connectivity index (χ4v) is 3.97. The maximum atomic E-state index is 10.9. The molecule has 2 aromatic rings. The monoisotopic (exact) mass is 537 g/mol. The molecule has 0 aliphatic carbocycles. The van der Waals surface area contributed by atoms with Gasteiger partial charge in [-0.05, 0) is 84.4 Å². The Morgan fingerprint density at radius 2 is 1.83 bits per heavy atom. The quantitative estimate of drug-likeness (QED) is 0.201. The molecule has 0 aliphatic heterocycles. The van der Waals surface area contributed by atoms with Crippen molar-refractivity contribution in [2.24, 2.45) is 0 Å². The van der Waals surface area contributed by atoms with E-state index in [1.807, 2.05) is 55.6 Å². The highest BCUT2D eigenvalue weighted by Crippen LogP contribution is 2.29. The Balaban J connectivity index is 0.000000311. The number of hydrogen-bond acceptors (Lipinski definition) is 4. The third-order valence-electron chi connectivity index (χ3n) is 4.25. The summed E-state index contributed by atoms with van der Waals surface area (Å²) in [6.07, 6.45) is 3.75. The topological polar surface area (TPSA) is 98.4 Å². The smallest absolute Gasteiger partial charge is 0.346 e. The molecule has 0 unspecified atom stereocenters. The number of halogens is 1. The highest BCUT2D eigenvalue weighted by molar-refractivity contribution is 14.1. The molecule has 0 saturated carbocycles. The summed E-state index contributed by atoms with van der Waals surface area (Å²) >= 11 is 3.81. The van der Waals surface area contributed by atoms with Crippen LogP contribution >= 0.6 is 34.4 Å². The summed E-state index contributed by atoms with van der Waals surface area (Å²) in [4.78, 5) is 22.2. The van der Waals surface area contributed by atoms with Gasteiger partial charge in [-0.1, -0.05) is 35.9 Å². The number of allylic oxidation sites excluding steroid dienone is 1. The van der Waals surface area contributed by atoms with Crippen LogP contribution in [0, 0.1) is 21.8 Å². The van der Waals surface area contributed by atoms with Crippen LogP contribution in [0.15, 0.2) is 52.9 Å². The van der Waals surface area contributed by atoms with Crippen LogP contribution in [-0.4, -0.2) is 28.4 Å². The minimum Gasteiger partial charge on any atom is -0.481 e. The van der Waals surface area contributed by atoms with E-state index < -0.39 is 11.9 Å². The first kappa shape index (κ1) is 25.7. The van der Waals surface area contributed by atoms with Crippen molar-refractivity contribution in [2.45, 2.75) is 38.0 Å². The predicted octanol–water partition coefficient (Wildman–Crippen LogP) is 5.80. The number of nitrogens with zero attached hydrogens (tertiary/aromatic N) is 1. The number of rotatable bonds is 7. The van der Waals surface area contributed by atoms with Gasteiger partial charge in [0.05, 0.1) is 0 Å². The second kappa shape index (κ2) is 13.1. The first-order valence-corrected chi connectivity index (χ1v) is 11.5. The van der Waals surface area contributed by atoms with E-state index in [1.165, 1.54) is 20.9 Å². The Morgan fingerprint density at radius 3 is 2.37 bits per heavy atom. The summed E-state index contributed by atoms with van der Waals surface area (Å²) in [6, 6.07) is 15.6. The van der Waals surface area contributed by atoms with Crippen molar-refractivity contribution < 1.29 is 19.8 Å². The largest absolute Gasteiger partial charge is 0.481 e. The molecular formula is C23H24INO4S. The highest BCUT2D eigenvalue weighted by atomic mass is 127. The number of carboxylic acids is 2. The first-order chi connectivity index (χ1) is 14.2. The summed E-state index contributed by atoms with van der Waals surface area (Å²) in [5.74, 6) is -1.90. The maximum absolute atomic E-state index is 10.9. The van der Waals surface area contributed by atoms with E-state index in [0.29, 0.717) is 5.57 Å². The Morgan fingerprint density at radius 1 is 1.17 bits per heavy atom. The molecule has 0 spiro atoms. The Labute approximate surface area is 195 Å². The Kier molecular flexibility index (Phi) is 11.2. The van der Waals surface area contributed by atoms with Crippen molar-refractivity contribution in [1.29, 1.82) is 5.26 Å². The van der Waals surface area contributed by atoms with E-state index in [1.54, 1.807) is 13.0 Å². The molecule has 7 heteroatoms. The summed E-state index contributed by atoms with van der Waals surface area (Å²) in [7, 11) is 0. The number of carboxylic acid groups (broad SMARTS) is 2. The number of benzene rings is 2. The van der Waals surface area contributed by atoms with Crippen LogP contribution in [0.4, 0.5) is 0 Å². The lowest BCUT2D eigenvalue weighted by molar-refractivity contribution is -0.137. The van der Waals surface area contributed by atoms with Gasteiger partial charge >= 0.3 is 11.9 Å². The minimum absolute atomic E-state index is 0.203. The average molecular weight is 537 g/mol. The minimum atomic E-state index is -1.18. The van der Waals surface area contributed by atoms with Crippen LogP contribution in [0.1, 0.15) is 36.5 Å². The van der Waals surface area contributed by atoms with Crippen LogP contribution < -0.4 is 0 Å². The molecule has 0 fully saturated rings. The third-order valence-corrected chi connectivity index (χ3v) is 6.10. The number of thioether (sulfide) groups is 1. The van der Waals surface area contributed by atoms with Crippen LogP contribution in [0.25, 0.3) is 5.57 Å². The zero-order chi connectivity index (χ0) is 22.7. The second-order valence-corrected chi connectivity index (χ2v) is 8.47. The predicted molar refractivity (Wildman–Crippen MR) is 129 cm³/mol. The number of carbonyl (C=O) groups is 2. The molecule has 0 aromatic heterocycles. The van der Waals surface area contributed by atoms with E-state index in [9.17, 15) is 9.59 Å². The van der Waals surface area contributed by atoms with E-state index in [-0.39, 0.29) is 12.0 Å². The number of nitriles is 1. The van der Waals surface area contributed by atoms with E-state index >= 15 is 0 Å². The van der Waals surface area contributed by atoms with Gasteiger partial charge < -0.3 is 10.2 Å². The van der Waals surface area contributed by atoms with Gasteiger partial charge in [0.15, 0.2) is 0 Å². The van der Waals surface area contributed by atoms with Gasteiger partial charge in [0, 0.05) is 14.9 Å². The molecule has 0 radical (unpaired) electrons. The molecule has 0 saturated heterocycles. The van der Waals surface area contributed by atoms with Crippen molar-refractivity contribution in [3.05, 3.63) is 68.3 Å². The van der Waals surface area contributed by atoms with E-state index in [2.05, 4.69) is 22.6 Å². The lowest BCUT2D eigenvalue weighted by Gasteiger charge is -2.09. The molecule has 30 heavy (non-hydrogen) atoms. The van der Waals surface area contributed by atoms with Crippen molar-refractivity contribution in [3.8, 4) is 6.07 Å². The molecule has 0 heterocycles. The van der Waals surface area contributed by atoms with Gasteiger partial charge in [-0.2, -0.15) is 5.26 Å². The number of aryl methyl sites for hydroxylation is 2. The normalized spacial score (nSPS) is 10.9. The lowest BCUT2D eigenvalue weighted by atomic mass is 10.0. The van der Waals surface area contributed by atoms with Gasteiger partial charge in [-0.25, -0.2) is 4.79 Å².